The minimum atomic E-state index is -0.212. The summed E-state index contributed by atoms with van der Waals surface area (Å²) in [6, 6.07) is 19.9. The van der Waals surface area contributed by atoms with Crippen LogP contribution in [0.4, 0.5) is 0 Å². The van der Waals surface area contributed by atoms with Crippen LogP contribution in [0, 0.1) is 0 Å². The van der Waals surface area contributed by atoms with Crippen molar-refractivity contribution in [2.45, 2.75) is 0 Å². The van der Waals surface area contributed by atoms with Crippen molar-refractivity contribution >= 4 is 5.52 Å². The SMILES string of the molecule is O=c1[nH]ccccccoccccccc2cccn12. The number of fused-ring (bicyclic) bond motifs is 1. The van der Waals surface area contributed by atoms with Crippen LogP contribution >= 0.6 is 0 Å². The second-order valence-corrected chi connectivity index (χ2v) is 4.03. The number of hydrogen-bond donors (Lipinski definition) is 1. The summed E-state index contributed by atoms with van der Waals surface area (Å²) in [7, 11) is 0. The van der Waals surface area contributed by atoms with E-state index in [2.05, 4.69) is 4.98 Å². The number of hydrogen-bond acceptors (Lipinski definition) is 2. The van der Waals surface area contributed by atoms with Gasteiger partial charge in [-0.15, -0.1) is 0 Å². The van der Waals surface area contributed by atoms with Gasteiger partial charge in [0.1, 0.15) is 0 Å². The van der Waals surface area contributed by atoms with Gasteiger partial charge in [0, 0.05) is 12.4 Å². The molecule has 2 heterocycles. The zero-order valence-electron chi connectivity index (χ0n) is 11.4. The van der Waals surface area contributed by atoms with Gasteiger partial charge in [-0.05, 0) is 36.4 Å². The highest BCUT2D eigenvalue weighted by Gasteiger charge is 1.88. The van der Waals surface area contributed by atoms with E-state index in [1.54, 1.807) is 55.3 Å². The van der Waals surface area contributed by atoms with Gasteiger partial charge in [0.2, 0.25) is 0 Å². The number of aromatic amines is 1. The van der Waals surface area contributed by atoms with Gasteiger partial charge in [0.25, 0.3) is 0 Å². The van der Waals surface area contributed by atoms with Crippen molar-refractivity contribution in [1.82, 2.24) is 9.38 Å². The molecule has 0 amide bonds. The first-order valence-electron chi connectivity index (χ1n) is 6.50. The van der Waals surface area contributed by atoms with Gasteiger partial charge in [-0.2, -0.15) is 0 Å². The van der Waals surface area contributed by atoms with Crippen molar-refractivity contribution in [3.8, 4) is 0 Å². The van der Waals surface area contributed by atoms with Crippen molar-refractivity contribution < 1.29 is 4.42 Å². The van der Waals surface area contributed by atoms with Gasteiger partial charge in [-0.25, -0.2) is 4.79 Å². The van der Waals surface area contributed by atoms with Crippen LogP contribution in [-0.4, -0.2) is 9.38 Å². The predicted molar refractivity (Wildman–Crippen MR) is 83.2 cm³/mol. The Morgan fingerprint density at radius 1 is 0.810 bits per heavy atom. The molecule has 0 aliphatic rings. The monoisotopic (exact) mass is 280 g/mol. The van der Waals surface area contributed by atoms with Crippen LogP contribution in [0.3, 0.4) is 0 Å². The lowest BCUT2D eigenvalue weighted by atomic mass is 10.4. The Morgan fingerprint density at radius 2 is 1.48 bits per heavy atom. The zero-order chi connectivity index (χ0) is 14.8. The molecule has 0 bridgehead atoms. The number of aromatic nitrogens is 2. The Kier molecular flexibility index (Phi) is 5.64. The average molecular weight is 280 g/mol. The maximum absolute atomic E-state index is 12.0. The molecule has 4 nitrogen and oxygen atoms in total. The number of H-pyrrole nitrogens is 1. The van der Waals surface area contributed by atoms with E-state index in [-0.39, 0.29) is 5.69 Å². The molecule has 1 N–H and O–H groups in total. The van der Waals surface area contributed by atoms with E-state index >= 15 is 0 Å². The molecule has 0 aliphatic heterocycles. The molecule has 0 saturated carbocycles. The molecule has 2 aromatic heterocycles. The molecule has 0 atom stereocenters. The van der Waals surface area contributed by atoms with Crippen LogP contribution < -0.4 is 5.69 Å². The Hall–Kier alpha value is -3.01. The Balaban J connectivity index is 2.63. The van der Waals surface area contributed by atoms with E-state index in [1.807, 2.05) is 36.4 Å². The maximum atomic E-state index is 12.0. The molecule has 106 valence electrons. The summed E-state index contributed by atoms with van der Waals surface area (Å²) in [6.45, 7) is 0. The topological polar surface area (TPSA) is 50.4 Å². The van der Waals surface area contributed by atoms with E-state index in [1.165, 1.54) is 4.40 Å². The minimum Gasteiger partial charge on any atom is -0.473 e. The third-order valence-electron chi connectivity index (χ3n) is 2.55. The van der Waals surface area contributed by atoms with Crippen LogP contribution in [0.5, 0.6) is 0 Å². The fourth-order valence-corrected chi connectivity index (χ4v) is 1.60. The lowest BCUT2D eigenvalue weighted by molar-refractivity contribution is 0.554. The summed E-state index contributed by atoms with van der Waals surface area (Å²) in [5, 5.41) is 0. The summed E-state index contributed by atoms with van der Waals surface area (Å²) < 4.78 is 6.67. The molecule has 4 heteroatoms. The lowest BCUT2D eigenvalue weighted by Crippen LogP contribution is -2.11. The number of nitrogens with zero attached hydrogens (tertiary/aromatic N) is 1. The molecule has 0 spiro atoms. The smallest absolute Gasteiger partial charge is 0.329 e. The lowest BCUT2D eigenvalue weighted by Gasteiger charge is -1.84. The van der Waals surface area contributed by atoms with Crippen LogP contribution in [0.15, 0.2) is 101 Å². The maximum Gasteiger partial charge on any atom is 0.329 e. The predicted octanol–water partition coefficient (Wildman–Crippen LogP) is 3.59. The molecule has 0 saturated heterocycles. The average Bonchev–Trinajstić information content (AvgIpc) is 2.95. The van der Waals surface area contributed by atoms with Gasteiger partial charge in [-0.3, -0.25) is 4.40 Å². The molecule has 2 aromatic rings. The van der Waals surface area contributed by atoms with Crippen molar-refractivity contribution in [2.24, 2.45) is 0 Å². The first-order chi connectivity index (χ1) is 10.4. The van der Waals surface area contributed by atoms with Gasteiger partial charge >= 0.3 is 5.69 Å². The first kappa shape index (κ1) is 14.4. The second kappa shape index (κ2) is 8.22. The minimum absolute atomic E-state index is 0.212. The normalized spacial score (nSPS) is 9.14. The van der Waals surface area contributed by atoms with Gasteiger partial charge in [0.05, 0.1) is 18.0 Å². The third-order valence-corrected chi connectivity index (χ3v) is 2.55. The molecular weight excluding hydrogens is 264 g/mol. The van der Waals surface area contributed by atoms with Crippen LogP contribution in [0.25, 0.3) is 5.52 Å². The van der Waals surface area contributed by atoms with E-state index in [0.29, 0.717) is 0 Å². The van der Waals surface area contributed by atoms with Crippen molar-refractivity contribution in [3.63, 3.8) is 0 Å². The van der Waals surface area contributed by atoms with Crippen LogP contribution in [0.2, 0.25) is 0 Å². The second-order valence-electron chi connectivity index (χ2n) is 4.03. The quantitative estimate of drug-likeness (QED) is 0.801. The number of nitrogens with one attached hydrogen (secondary N) is 1. The van der Waals surface area contributed by atoms with E-state index < -0.39 is 0 Å². The van der Waals surface area contributed by atoms with Crippen LogP contribution in [0.1, 0.15) is 0 Å². The summed E-state index contributed by atoms with van der Waals surface area (Å²) in [5.74, 6) is 0. The van der Waals surface area contributed by atoms with Crippen LogP contribution in [-0.2, 0) is 0 Å². The molecule has 0 radical (unpaired) electrons. The Bertz CT molecular complexity index is 798. The highest BCUT2D eigenvalue weighted by Crippen LogP contribution is 1.96. The molecule has 0 unspecified atom stereocenters. The highest BCUT2D eigenvalue weighted by atomic mass is 16.3. The third kappa shape index (κ3) is 4.87. The molecule has 21 heavy (non-hydrogen) atoms. The standard InChI is InChI=1S/C17H16N2O2/c20-17-18-12-6-2-4-8-15-21-14-7-3-1-5-10-16-11-9-13-19(16)17/h1-15H,(H,18,20). The van der Waals surface area contributed by atoms with E-state index in [9.17, 15) is 4.79 Å². The fourth-order valence-electron chi connectivity index (χ4n) is 1.60. The molecular formula is C17H16N2O2. The van der Waals surface area contributed by atoms with Crippen molar-refractivity contribution in [2.75, 3.05) is 0 Å². The molecule has 0 aliphatic carbocycles. The molecule has 2 rings (SSSR count). The van der Waals surface area contributed by atoms with Gasteiger partial charge < -0.3 is 9.40 Å². The van der Waals surface area contributed by atoms with E-state index in [4.69, 9.17) is 4.42 Å². The van der Waals surface area contributed by atoms with E-state index in [0.717, 1.165) is 5.52 Å². The fraction of sp³-hybridized carbons (Fsp3) is 0. The molecule has 0 fully saturated rings. The molecule has 0 aromatic carbocycles. The Labute approximate surface area is 122 Å². The zero-order valence-corrected chi connectivity index (χ0v) is 11.4. The summed E-state index contributed by atoms with van der Waals surface area (Å²) >= 11 is 0. The Morgan fingerprint density at radius 3 is 2.29 bits per heavy atom. The highest BCUT2D eigenvalue weighted by molar-refractivity contribution is 5.45. The first-order valence-corrected chi connectivity index (χ1v) is 6.50. The van der Waals surface area contributed by atoms with Gasteiger partial charge in [-0.1, -0.05) is 30.3 Å². The summed E-state index contributed by atoms with van der Waals surface area (Å²) in [5.41, 5.74) is 0.587. The largest absolute Gasteiger partial charge is 0.473 e. The van der Waals surface area contributed by atoms with Gasteiger partial charge in [0.15, 0.2) is 0 Å². The van der Waals surface area contributed by atoms with Crippen molar-refractivity contribution in [3.05, 3.63) is 102 Å². The number of rotatable bonds is 0. The summed E-state index contributed by atoms with van der Waals surface area (Å²) in [6.07, 6.45) is 6.44. The van der Waals surface area contributed by atoms with Crippen molar-refractivity contribution in [1.29, 1.82) is 0 Å². The summed E-state index contributed by atoms with van der Waals surface area (Å²) in [4.78, 5) is 14.7.